The van der Waals surface area contributed by atoms with Crippen LogP contribution in [0.4, 0.5) is 0 Å². The molecule has 0 amide bonds. The van der Waals surface area contributed by atoms with Crippen molar-refractivity contribution in [2.45, 2.75) is 77.6 Å². The molecule has 1 aliphatic carbocycles. The Labute approximate surface area is 146 Å². The number of esters is 1. The van der Waals surface area contributed by atoms with Gasteiger partial charge >= 0.3 is 5.97 Å². The predicted molar refractivity (Wildman–Crippen MR) is 97.6 cm³/mol. The van der Waals surface area contributed by atoms with Gasteiger partial charge in [0, 0.05) is 0 Å². The summed E-state index contributed by atoms with van der Waals surface area (Å²) in [7, 11) is 1.47. The van der Waals surface area contributed by atoms with E-state index in [9.17, 15) is 9.90 Å². The minimum Gasteiger partial charge on any atom is -0.507 e. The first-order chi connectivity index (χ1) is 11.2. The SMILES string of the molecule is COC(=O)[C@H]1CC[C@@](C)(c2cc(C(C)C)c(O)c(C(C)C)c2)CC1. The first-order valence-electron chi connectivity index (χ1n) is 9.14. The molecule has 0 heterocycles. The summed E-state index contributed by atoms with van der Waals surface area (Å²) in [6, 6.07) is 4.37. The molecule has 0 aromatic heterocycles. The van der Waals surface area contributed by atoms with Crippen molar-refractivity contribution in [1.29, 1.82) is 0 Å². The first kappa shape index (κ1) is 18.8. The lowest BCUT2D eigenvalue weighted by atomic mass is 9.67. The van der Waals surface area contributed by atoms with E-state index >= 15 is 0 Å². The molecule has 1 aromatic rings. The van der Waals surface area contributed by atoms with E-state index in [0.29, 0.717) is 5.75 Å². The van der Waals surface area contributed by atoms with Crippen LogP contribution in [0, 0.1) is 5.92 Å². The summed E-state index contributed by atoms with van der Waals surface area (Å²) in [5.41, 5.74) is 3.43. The third-order valence-electron chi connectivity index (χ3n) is 5.73. The van der Waals surface area contributed by atoms with Gasteiger partial charge in [-0.05, 0) is 59.6 Å². The Kier molecular flexibility index (Phi) is 5.62. The average molecular weight is 332 g/mol. The molecule has 1 aromatic carbocycles. The molecule has 3 heteroatoms. The Morgan fingerprint density at radius 2 is 1.58 bits per heavy atom. The van der Waals surface area contributed by atoms with Gasteiger partial charge < -0.3 is 9.84 Å². The summed E-state index contributed by atoms with van der Waals surface area (Å²) in [6.45, 7) is 10.8. The molecule has 1 saturated carbocycles. The second-order valence-electron chi connectivity index (χ2n) is 8.17. The minimum atomic E-state index is -0.0755. The van der Waals surface area contributed by atoms with Crippen molar-refractivity contribution in [1.82, 2.24) is 0 Å². The van der Waals surface area contributed by atoms with E-state index in [-0.39, 0.29) is 29.1 Å². The molecule has 3 nitrogen and oxygen atoms in total. The number of phenols is 1. The highest BCUT2D eigenvalue weighted by molar-refractivity contribution is 5.72. The van der Waals surface area contributed by atoms with Gasteiger partial charge in [0.25, 0.3) is 0 Å². The van der Waals surface area contributed by atoms with Crippen molar-refractivity contribution >= 4 is 5.97 Å². The molecule has 1 N–H and O–H groups in total. The van der Waals surface area contributed by atoms with E-state index in [1.807, 2.05) is 0 Å². The van der Waals surface area contributed by atoms with Gasteiger partial charge in [0.05, 0.1) is 13.0 Å². The van der Waals surface area contributed by atoms with E-state index in [1.54, 1.807) is 0 Å². The zero-order chi connectivity index (χ0) is 18.1. The molecule has 0 atom stereocenters. The fraction of sp³-hybridized carbons (Fsp3) is 0.667. The Balaban J connectivity index is 2.36. The van der Waals surface area contributed by atoms with Crippen molar-refractivity contribution in [3.05, 3.63) is 28.8 Å². The average Bonchev–Trinajstić information content (AvgIpc) is 2.54. The molecule has 0 radical (unpaired) electrons. The minimum absolute atomic E-state index is 0.0364. The van der Waals surface area contributed by atoms with Crippen LogP contribution in [0.3, 0.4) is 0 Å². The molecule has 24 heavy (non-hydrogen) atoms. The smallest absolute Gasteiger partial charge is 0.308 e. The van der Waals surface area contributed by atoms with Crippen molar-refractivity contribution in [2.75, 3.05) is 7.11 Å². The van der Waals surface area contributed by atoms with Crippen molar-refractivity contribution in [3.63, 3.8) is 0 Å². The predicted octanol–water partition coefficient (Wildman–Crippen LogP) is 5.26. The monoisotopic (exact) mass is 332 g/mol. The number of rotatable bonds is 4. The quantitative estimate of drug-likeness (QED) is 0.765. The van der Waals surface area contributed by atoms with Crippen LogP contribution in [0.25, 0.3) is 0 Å². The number of ether oxygens (including phenoxy) is 1. The number of phenolic OH excluding ortho intramolecular Hbond substituents is 1. The number of carbonyl (C=O) groups is 1. The van der Waals surface area contributed by atoms with Crippen LogP contribution in [0.2, 0.25) is 0 Å². The molecule has 2 rings (SSSR count). The lowest BCUT2D eigenvalue weighted by molar-refractivity contribution is -0.146. The zero-order valence-electron chi connectivity index (χ0n) is 16.0. The van der Waals surface area contributed by atoms with Gasteiger partial charge in [0.2, 0.25) is 0 Å². The highest BCUT2D eigenvalue weighted by atomic mass is 16.5. The van der Waals surface area contributed by atoms with E-state index in [0.717, 1.165) is 36.8 Å². The molecule has 0 unspecified atom stereocenters. The molecule has 0 spiro atoms. The highest BCUT2D eigenvalue weighted by Crippen LogP contribution is 2.45. The van der Waals surface area contributed by atoms with Gasteiger partial charge in [0.1, 0.15) is 5.75 Å². The van der Waals surface area contributed by atoms with Crippen molar-refractivity contribution in [3.8, 4) is 5.75 Å². The standard InChI is InChI=1S/C21H32O3/c1-13(2)17-11-16(12-18(14(3)4)19(17)22)21(5)9-7-15(8-10-21)20(23)24-6/h11-15,22H,7-10H2,1-6H3/t15-,21+. The molecular weight excluding hydrogens is 300 g/mol. The first-order valence-corrected chi connectivity index (χ1v) is 9.14. The van der Waals surface area contributed by atoms with E-state index in [4.69, 9.17) is 4.74 Å². The summed E-state index contributed by atoms with van der Waals surface area (Å²) >= 11 is 0. The lowest BCUT2D eigenvalue weighted by Gasteiger charge is -2.38. The fourth-order valence-corrected chi connectivity index (χ4v) is 3.85. The molecule has 134 valence electrons. The number of methoxy groups -OCH3 is 1. The van der Waals surface area contributed by atoms with Crippen LogP contribution in [-0.2, 0) is 14.9 Å². The summed E-state index contributed by atoms with van der Waals surface area (Å²) in [5.74, 6) is 0.994. The summed E-state index contributed by atoms with van der Waals surface area (Å²) in [5, 5.41) is 10.6. The normalized spacial score (nSPS) is 24.4. The number of carbonyl (C=O) groups excluding carboxylic acids is 1. The largest absolute Gasteiger partial charge is 0.507 e. The maximum Gasteiger partial charge on any atom is 0.308 e. The van der Waals surface area contributed by atoms with E-state index < -0.39 is 0 Å². The lowest BCUT2D eigenvalue weighted by Crippen LogP contribution is -2.32. The van der Waals surface area contributed by atoms with Gasteiger partial charge in [0.15, 0.2) is 0 Å². The Morgan fingerprint density at radius 3 is 1.96 bits per heavy atom. The highest BCUT2D eigenvalue weighted by Gasteiger charge is 2.36. The van der Waals surface area contributed by atoms with E-state index in [1.165, 1.54) is 12.7 Å². The van der Waals surface area contributed by atoms with Gasteiger partial charge in [-0.1, -0.05) is 46.8 Å². The Morgan fingerprint density at radius 1 is 1.12 bits per heavy atom. The Bertz CT molecular complexity index is 564. The van der Waals surface area contributed by atoms with E-state index in [2.05, 4.69) is 46.8 Å². The molecular formula is C21H32O3. The fourth-order valence-electron chi connectivity index (χ4n) is 3.85. The van der Waals surface area contributed by atoms with Crippen LogP contribution < -0.4 is 0 Å². The van der Waals surface area contributed by atoms with Crippen LogP contribution in [0.1, 0.15) is 88.8 Å². The maximum atomic E-state index is 11.8. The molecule has 0 bridgehead atoms. The van der Waals surface area contributed by atoms with Gasteiger partial charge in [-0.2, -0.15) is 0 Å². The summed E-state index contributed by atoms with van der Waals surface area (Å²) in [6.07, 6.45) is 3.70. The van der Waals surface area contributed by atoms with Crippen molar-refractivity contribution < 1.29 is 14.6 Å². The summed E-state index contributed by atoms with van der Waals surface area (Å²) in [4.78, 5) is 11.8. The number of hydrogen-bond donors (Lipinski definition) is 1. The van der Waals surface area contributed by atoms with Crippen molar-refractivity contribution in [2.24, 2.45) is 5.92 Å². The number of benzene rings is 1. The second kappa shape index (κ2) is 7.16. The van der Waals surface area contributed by atoms with Crippen LogP contribution in [0.5, 0.6) is 5.75 Å². The third kappa shape index (κ3) is 3.60. The summed E-state index contributed by atoms with van der Waals surface area (Å²) < 4.78 is 4.91. The van der Waals surface area contributed by atoms with Crippen LogP contribution in [0.15, 0.2) is 12.1 Å². The maximum absolute atomic E-state index is 11.8. The van der Waals surface area contributed by atoms with Gasteiger partial charge in [-0.3, -0.25) is 4.79 Å². The molecule has 1 fully saturated rings. The van der Waals surface area contributed by atoms with Crippen LogP contribution in [-0.4, -0.2) is 18.2 Å². The zero-order valence-corrected chi connectivity index (χ0v) is 16.0. The van der Waals surface area contributed by atoms with Crippen LogP contribution >= 0.6 is 0 Å². The molecule has 0 aliphatic heterocycles. The van der Waals surface area contributed by atoms with Gasteiger partial charge in [-0.25, -0.2) is 0 Å². The Hall–Kier alpha value is -1.51. The third-order valence-corrected chi connectivity index (χ3v) is 5.73. The molecule has 0 saturated heterocycles. The molecule has 1 aliphatic rings. The topological polar surface area (TPSA) is 46.5 Å². The number of aromatic hydroxyl groups is 1. The number of hydrogen-bond acceptors (Lipinski definition) is 3. The van der Waals surface area contributed by atoms with Gasteiger partial charge in [-0.15, -0.1) is 0 Å². The second-order valence-corrected chi connectivity index (χ2v) is 8.17.